The van der Waals surface area contributed by atoms with Gasteiger partial charge in [-0.15, -0.1) is 0 Å². The van der Waals surface area contributed by atoms with Crippen molar-refractivity contribution in [2.45, 2.75) is 0 Å². The minimum atomic E-state index is 0.571. The molecule has 0 aliphatic rings. The molecule has 0 unspecified atom stereocenters. The summed E-state index contributed by atoms with van der Waals surface area (Å²) in [5.41, 5.74) is 4.84. The monoisotopic (exact) mass is 292 g/mol. The van der Waals surface area contributed by atoms with Crippen LogP contribution in [-0.4, -0.2) is 6.29 Å². The van der Waals surface area contributed by atoms with Gasteiger partial charge in [-0.1, -0.05) is 72.3 Å². The van der Waals surface area contributed by atoms with Crippen LogP contribution in [0.5, 0.6) is 0 Å². The van der Waals surface area contributed by atoms with Gasteiger partial charge < -0.3 is 0 Å². The van der Waals surface area contributed by atoms with Gasteiger partial charge in [-0.25, -0.2) is 0 Å². The Morgan fingerprint density at radius 1 is 0.714 bits per heavy atom. The van der Waals surface area contributed by atoms with Crippen molar-refractivity contribution in [3.05, 3.63) is 83.4 Å². The summed E-state index contributed by atoms with van der Waals surface area (Å²) in [5, 5.41) is 0.571. The molecule has 1 nitrogen and oxygen atoms in total. The Morgan fingerprint density at radius 3 is 2.00 bits per heavy atom. The maximum atomic E-state index is 11.2. The number of rotatable bonds is 3. The van der Waals surface area contributed by atoms with Gasteiger partial charge in [0.1, 0.15) is 0 Å². The molecule has 0 amide bonds. The highest BCUT2D eigenvalue weighted by atomic mass is 35.5. The molecule has 102 valence electrons. The highest BCUT2D eigenvalue weighted by Crippen LogP contribution is 2.28. The smallest absolute Gasteiger partial charge is 0.150 e. The van der Waals surface area contributed by atoms with Gasteiger partial charge in [0.25, 0.3) is 0 Å². The van der Waals surface area contributed by atoms with Gasteiger partial charge in [0, 0.05) is 10.6 Å². The van der Waals surface area contributed by atoms with Gasteiger partial charge >= 0.3 is 0 Å². The van der Waals surface area contributed by atoms with Gasteiger partial charge in [-0.2, -0.15) is 0 Å². The molecule has 0 aliphatic carbocycles. The molecule has 0 spiro atoms. The Bertz CT molecular complexity index is 761. The molecule has 2 heteroatoms. The summed E-state index contributed by atoms with van der Waals surface area (Å²) in [6.07, 6.45) is 0.840. The van der Waals surface area contributed by atoms with E-state index in [-0.39, 0.29) is 0 Å². The van der Waals surface area contributed by atoms with Crippen LogP contribution in [0.1, 0.15) is 10.4 Å². The Hall–Kier alpha value is -2.38. The number of carbonyl (C=O) groups is 1. The second-order valence-electron chi connectivity index (χ2n) is 4.79. The third-order valence-electron chi connectivity index (χ3n) is 3.44. The van der Waals surface area contributed by atoms with Gasteiger partial charge in [0.2, 0.25) is 0 Å². The lowest BCUT2D eigenvalue weighted by Crippen LogP contribution is -1.87. The number of halogens is 1. The van der Waals surface area contributed by atoms with E-state index in [1.807, 2.05) is 36.4 Å². The first kappa shape index (κ1) is 13.6. The predicted molar refractivity (Wildman–Crippen MR) is 87.7 cm³/mol. The Labute approximate surface area is 128 Å². The van der Waals surface area contributed by atoms with Crippen molar-refractivity contribution in [1.82, 2.24) is 0 Å². The molecule has 3 rings (SSSR count). The van der Waals surface area contributed by atoms with E-state index in [1.54, 1.807) is 12.1 Å². The van der Waals surface area contributed by atoms with Crippen LogP contribution in [0.4, 0.5) is 0 Å². The summed E-state index contributed by atoms with van der Waals surface area (Å²) >= 11 is 5.93. The van der Waals surface area contributed by atoms with Crippen LogP contribution >= 0.6 is 11.6 Å². The molecule has 0 fully saturated rings. The molecule has 0 bridgehead atoms. The summed E-state index contributed by atoms with van der Waals surface area (Å²) in [6.45, 7) is 0. The van der Waals surface area contributed by atoms with E-state index in [0.29, 0.717) is 10.6 Å². The van der Waals surface area contributed by atoms with Crippen LogP contribution in [0.15, 0.2) is 72.8 Å². The summed E-state index contributed by atoms with van der Waals surface area (Å²) in [4.78, 5) is 11.2. The quantitative estimate of drug-likeness (QED) is 0.584. The van der Waals surface area contributed by atoms with Crippen molar-refractivity contribution in [1.29, 1.82) is 0 Å². The zero-order valence-corrected chi connectivity index (χ0v) is 12.0. The largest absolute Gasteiger partial charge is 0.298 e. The van der Waals surface area contributed by atoms with Crippen molar-refractivity contribution in [3.63, 3.8) is 0 Å². The molecule has 21 heavy (non-hydrogen) atoms. The predicted octanol–water partition coefficient (Wildman–Crippen LogP) is 5.49. The summed E-state index contributed by atoms with van der Waals surface area (Å²) in [6, 6.07) is 23.7. The number of aldehydes is 1. The molecular formula is C19H13ClO. The van der Waals surface area contributed by atoms with Crippen LogP contribution in [0, 0.1) is 0 Å². The maximum absolute atomic E-state index is 11.2. The van der Waals surface area contributed by atoms with Crippen LogP contribution in [-0.2, 0) is 0 Å². The SMILES string of the molecule is O=Cc1cc(Cl)ccc1-c1ccc(-c2ccccc2)cc1. The van der Waals surface area contributed by atoms with E-state index in [2.05, 4.69) is 24.3 Å². The molecule has 0 aliphatic heterocycles. The van der Waals surface area contributed by atoms with Crippen molar-refractivity contribution in [3.8, 4) is 22.3 Å². The Morgan fingerprint density at radius 2 is 1.33 bits per heavy atom. The van der Waals surface area contributed by atoms with Crippen molar-refractivity contribution in [2.75, 3.05) is 0 Å². The van der Waals surface area contributed by atoms with Gasteiger partial charge in [0.15, 0.2) is 6.29 Å². The van der Waals surface area contributed by atoms with Gasteiger partial charge in [0.05, 0.1) is 0 Å². The maximum Gasteiger partial charge on any atom is 0.150 e. The third-order valence-corrected chi connectivity index (χ3v) is 3.68. The zero-order chi connectivity index (χ0) is 14.7. The van der Waals surface area contributed by atoms with Crippen molar-refractivity contribution >= 4 is 17.9 Å². The molecule has 0 radical (unpaired) electrons. The normalized spacial score (nSPS) is 10.3. The standard InChI is InChI=1S/C19H13ClO/c20-18-10-11-19(17(12-18)13-21)16-8-6-15(7-9-16)14-4-2-1-3-5-14/h1-13H. The van der Waals surface area contributed by atoms with E-state index in [0.717, 1.165) is 23.0 Å². The van der Waals surface area contributed by atoms with E-state index in [9.17, 15) is 4.79 Å². The van der Waals surface area contributed by atoms with Gasteiger partial charge in [-0.3, -0.25) is 4.79 Å². The number of hydrogen-bond donors (Lipinski definition) is 0. The van der Waals surface area contributed by atoms with E-state index >= 15 is 0 Å². The highest BCUT2D eigenvalue weighted by Gasteiger charge is 2.06. The molecular weight excluding hydrogens is 280 g/mol. The van der Waals surface area contributed by atoms with Crippen LogP contribution in [0.25, 0.3) is 22.3 Å². The fraction of sp³-hybridized carbons (Fsp3) is 0. The van der Waals surface area contributed by atoms with E-state index in [1.165, 1.54) is 5.56 Å². The molecule has 0 atom stereocenters. The topological polar surface area (TPSA) is 17.1 Å². The second-order valence-corrected chi connectivity index (χ2v) is 5.23. The summed E-state index contributed by atoms with van der Waals surface area (Å²) in [5.74, 6) is 0. The highest BCUT2D eigenvalue weighted by molar-refractivity contribution is 6.31. The lowest BCUT2D eigenvalue weighted by molar-refractivity contribution is 0.112. The lowest BCUT2D eigenvalue weighted by Gasteiger charge is -2.07. The molecule has 3 aromatic carbocycles. The van der Waals surface area contributed by atoms with Crippen molar-refractivity contribution in [2.24, 2.45) is 0 Å². The minimum Gasteiger partial charge on any atom is -0.298 e. The van der Waals surface area contributed by atoms with Crippen LogP contribution < -0.4 is 0 Å². The number of carbonyl (C=O) groups excluding carboxylic acids is 1. The van der Waals surface area contributed by atoms with Crippen LogP contribution in [0.2, 0.25) is 5.02 Å². The molecule has 0 N–H and O–H groups in total. The first-order valence-electron chi connectivity index (χ1n) is 6.68. The molecule has 0 aromatic heterocycles. The Balaban J connectivity index is 2.00. The van der Waals surface area contributed by atoms with Crippen LogP contribution in [0.3, 0.4) is 0 Å². The number of hydrogen-bond acceptors (Lipinski definition) is 1. The fourth-order valence-electron chi connectivity index (χ4n) is 2.37. The number of benzene rings is 3. The average Bonchev–Trinajstić information content (AvgIpc) is 2.56. The molecule has 0 saturated carbocycles. The molecule has 0 heterocycles. The fourth-order valence-corrected chi connectivity index (χ4v) is 2.55. The summed E-state index contributed by atoms with van der Waals surface area (Å²) < 4.78 is 0. The minimum absolute atomic E-state index is 0.571. The molecule has 3 aromatic rings. The average molecular weight is 293 g/mol. The lowest BCUT2D eigenvalue weighted by atomic mass is 9.97. The first-order valence-corrected chi connectivity index (χ1v) is 7.06. The first-order chi connectivity index (χ1) is 10.3. The van der Waals surface area contributed by atoms with E-state index < -0.39 is 0 Å². The third kappa shape index (κ3) is 2.88. The zero-order valence-electron chi connectivity index (χ0n) is 11.3. The van der Waals surface area contributed by atoms with Crippen molar-refractivity contribution < 1.29 is 4.79 Å². The second kappa shape index (κ2) is 5.94. The molecule has 0 saturated heterocycles. The Kier molecular flexibility index (Phi) is 3.85. The van der Waals surface area contributed by atoms with E-state index in [4.69, 9.17) is 11.6 Å². The van der Waals surface area contributed by atoms with Gasteiger partial charge in [-0.05, 0) is 34.4 Å². The summed E-state index contributed by atoms with van der Waals surface area (Å²) in [7, 11) is 0.